The molecule has 2 fully saturated rings. The van der Waals surface area contributed by atoms with Gasteiger partial charge in [0.15, 0.2) is 35.8 Å². The lowest BCUT2D eigenvalue weighted by Gasteiger charge is -2.47. The second-order valence-electron chi connectivity index (χ2n) is 20.5. The molecule has 2 saturated heterocycles. The molecule has 0 bridgehead atoms. The van der Waals surface area contributed by atoms with Crippen molar-refractivity contribution >= 4 is 57.1 Å². The number of anilines is 2. The number of rotatable bonds is 14. The van der Waals surface area contributed by atoms with Crippen LogP contribution >= 0.6 is 0 Å². The van der Waals surface area contributed by atoms with Gasteiger partial charge in [-0.1, -0.05) is 0 Å². The van der Waals surface area contributed by atoms with E-state index in [1.165, 1.54) is 71.4 Å². The Balaban J connectivity index is 0.890. The van der Waals surface area contributed by atoms with Gasteiger partial charge in [0.1, 0.15) is 52.0 Å². The molecule has 2 aliphatic rings. The van der Waals surface area contributed by atoms with Gasteiger partial charge in [-0.2, -0.15) is 0 Å². The van der Waals surface area contributed by atoms with E-state index >= 15 is 0 Å². The first-order valence-corrected chi connectivity index (χ1v) is 25.0. The number of aliphatic hydroxyl groups excluding tert-OH is 2. The number of nitrogens with one attached hydrogen (secondary N) is 5. The lowest BCUT2D eigenvalue weighted by atomic mass is 9.89. The molecule has 9 N–H and O–H groups in total. The molecular formula is C55H59N5O20. The van der Waals surface area contributed by atoms with Gasteiger partial charge < -0.3 is 92.7 Å². The van der Waals surface area contributed by atoms with E-state index in [0.717, 1.165) is 6.20 Å². The fourth-order valence-electron chi connectivity index (χ4n) is 10.0. The number of carbonyl (C=O) groups is 4. The number of aromatic amines is 3. The monoisotopic (exact) mass is 1110 g/mol. The summed E-state index contributed by atoms with van der Waals surface area (Å²) in [6.45, 7) is 14.6. The zero-order valence-electron chi connectivity index (χ0n) is 45.1. The van der Waals surface area contributed by atoms with E-state index in [4.69, 9.17) is 46.7 Å². The van der Waals surface area contributed by atoms with Crippen molar-refractivity contribution in [1.29, 1.82) is 0 Å². The number of aromatic hydroxyl groups is 2. The maximum absolute atomic E-state index is 13.9. The van der Waals surface area contributed by atoms with E-state index < -0.39 is 118 Å². The Morgan fingerprint density at radius 1 is 0.588 bits per heavy atom. The fourth-order valence-corrected chi connectivity index (χ4v) is 10.0. The van der Waals surface area contributed by atoms with Crippen LogP contribution in [0.5, 0.6) is 23.4 Å². The molecule has 0 aliphatic carbocycles. The molecule has 7 heterocycles. The number of aliphatic hydroxyl groups is 2. The molecular weight excluding hydrogens is 1050 g/mol. The van der Waals surface area contributed by atoms with Crippen molar-refractivity contribution in [3.63, 3.8) is 0 Å². The lowest BCUT2D eigenvalue weighted by Crippen LogP contribution is -2.65. The van der Waals surface area contributed by atoms with Crippen LogP contribution in [-0.4, -0.2) is 134 Å². The Hall–Kier alpha value is -8.46. The van der Waals surface area contributed by atoms with Crippen molar-refractivity contribution in [2.75, 3.05) is 24.9 Å². The average molecular weight is 1110 g/mol. The van der Waals surface area contributed by atoms with E-state index in [0.29, 0.717) is 11.4 Å². The van der Waals surface area contributed by atoms with Crippen LogP contribution in [0, 0.1) is 34.6 Å². The minimum absolute atomic E-state index is 0.0247. The first-order valence-electron chi connectivity index (χ1n) is 25.0. The predicted octanol–water partition coefficient (Wildman–Crippen LogP) is 5.57. The number of methoxy groups -OCH3 is 2. The molecule has 0 radical (unpaired) electrons. The highest BCUT2D eigenvalue weighted by Gasteiger charge is 2.55. The molecule has 8 atom stereocenters. The maximum atomic E-state index is 13.9. The van der Waals surface area contributed by atoms with Crippen LogP contribution in [0.4, 0.5) is 11.4 Å². The summed E-state index contributed by atoms with van der Waals surface area (Å²) in [4.78, 5) is 89.8. The Labute approximate surface area is 454 Å². The Kier molecular flexibility index (Phi) is 15.0. The minimum Gasteiger partial charge on any atom is -0.479 e. The Bertz CT molecular complexity index is 3480. The van der Waals surface area contributed by atoms with E-state index in [-0.39, 0.29) is 72.8 Å². The highest BCUT2D eigenvalue weighted by Crippen LogP contribution is 2.40. The summed E-state index contributed by atoms with van der Waals surface area (Å²) in [5.41, 5.74) is -3.98. The zero-order chi connectivity index (χ0) is 58.0. The van der Waals surface area contributed by atoms with Crippen LogP contribution in [0.3, 0.4) is 0 Å². The Morgan fingerprint density at radius 2 is 1.00 bits per heavy atom. The molecule has 2 amide bonds. The summed E-state index contributed by atoms with van der Waals surface area (Å²) in [7, 11) is 2.76. The largest absolute Gasteiger partial charge is 0.479 e. The zero-order valence-corrected chi connectivity index (χ0v) is 45.1. The van der Waals surface area contributed by atoms with Crippen molar-refractivity contribution in [1.82, 2.24) is 15.0 Å². The van der Waals surface area contributed by atoms with Gasteiger partial charge in [-0.05, 0) is 116 Å². The molecule has 25 heteroatoms. The topological polar surface area (TPSA) is 355 Å². The molecule has 424 valence electrons. The van der Waals surface area contributed by atoms with Gasteiger partial charge in [-0.25, -0.2) is 9.59 Å². The number of ether oxygens (including phenoxy) is 8. The highest BCUT2D eigenvalue weighted by molar-refractivity contribution is 6.11. The fraction of sp³-hybridized carbons (Fsp3) is 0.382. The molecule has 0 unspecified atom stereocenters. The summed E-state index contributed by atoms with van der Waals surface area (Å²) in [6, 6.07) is 11.8. The van der Waals surface area contributed by atoms with Gasteiger partial charge >= 0.3 is 23.8 Å². The first-order chi connectivity index (χ1) is 37.7. The predicted molar refractivity (Wildman–Crippen MR) is 281 cm³/mol. The minimum atomic E-state index is -1.59. The number of fused-ring (bicyclic) bond motifs is 2. The third-order valence-corrected chi connectivity index (χ3v) is 14.2. The normalized spacial score (nSPS) is 22.4. The number of aryl methyl sites for hydroxylation is 4. The van der Waals surface area contributed by atoms with E-state index in [1.54, 1.807) is 53.7 Å². The van der Waals surface area contributed by atoms with Crippen molar-refractivity contribution in [3.8, 4) is 23.4 Å². The smallest absolute Gasteiger partial charge is 0.355 e. The van der Waals surface area contributed by atoms with Gasteiger partial charge in [0.25, 0.3) is 11.8 Å². The van der Waals surface area contributed by atoms with Crippen molar-refractivity contribution in [3.05, 3.63) is 126 Å². The van der Waals surface area contributed by atoms with E-state index in [2.05, 4.69) is 25.6 Å². The molecule has 2 aromatic carbocycles. The molecule has 9 rings (SSSR count). The number of benzene rings is 2. The van der Waals surface area contributed by atoms with Gasteiger partial charge in [0.2, 0.25) is 23.4 Å². The van der Waals surface area contributed by atoms with Gasteiger partial charge in [0.05, 0.1) is 27.5 Å². The summed E-state index contributed by atoms with van der Waals surface area (Å²) in [6.07, 6.45) is -9.34. The number of aromatic nitrogens is 3. The maximum Gasteiger partial charge on any atom is 0.355 e. The standard InChI is InChI=1S/C55H59N5O20/c1-21-12-16-29(57-21)48(67)77-42-38(63)52(79-54(6,7)44(42)71-10)73-31-18-14-26-36(61)34(50(69)75-40(26)24(31)4)59-46(65)28-20-56-33(23(28)3)47(66)60-35-37(62)27-15-19-32(25(5)41(27)76-51(35)70)74-53-39(64)43(45(72-11)55(8,9)80-53)78-49(68)30-17-13-22(2)58-30/h12-20,38-39,42-45,52-53,56-58,63-64,69-70H,1-11H3,(H,59,65)(H,60,66)/t38-,39-,42+,43+,44-,45-,52+,53+/m1/s1. The summed E-state index contributed by atoms with van der Waals surface area (Å²) >= 11 is 0. The van der Waals surface area contributed by atoms with Crippen molar-refractivity contribution < 1.29 is 86.3 Å². The third-order valence-electron chi connectivity index (χ3n) is 14.2. The quantitative estimate of drug-likeness (QED) is 0.0601. The van der Waals surface area contributed by atoms with Crippen LogP contribution in [0.15, 0.2) is 73.2 Å². The van der Waals surface area contributed by atoms with Gasteiger partial charge in [0, 0.05) is 42.9 Å². The van der Waals surface area contributed by atoms with E-state index in [9.17, 15) is 49.2 Å². The second-order valence-corrected chi connectivity index (χ2v) is 20.5. The van der Waals surface area contributed by atoms with Crippen LogP contribution in [0.2, 0.25) is 0 Å². The molecule has 7 aromatic rings. The Morgan fingerprint density at radius 3 is 1.39 bits per heavy atom. The third kappa shape index (κ3) is 10.2. The summed E-state index contributed by atoms with van der Waals surface area (Å²) in [5, 5.41) is 49.5. The van der Waals surface area contributed by atoms with Crippen LogP contribution in [0.25, 0.3) is 21.9 Å². The van der Waals surface area contributed by atoms with Crippen LogP contribution < -0.4 is 31.0 Å². The molecule has 0 spiro atoms. The molecule has 0 saturated carbocycles. The van der Waals surface area contributed by atoms with Crippen molar-refractivity contribution in [2.45, 2.75) is 123 Å². The number of hydrogen-bond acceptors (Lipinski definition) is 20. The van der Waals surface area contributed by atoms with Crippen molar-refractivity contribution in [2.24, 2.45) is 0 Å². The van der Waals surface area contributed by atoms with E-state index in [1.807, 2.05) is 0 Å². The molecule has 5 aromatic heterocycles. The highest BCUT2D eigenvalue weighted by atomic mass is 16.7. The summed E-state index contributed by atoms with van der Waals surface area (Å²) < 4.78 is 58.5. The molecule has 25 nitrogen and oxygen atoms in total. The lowest BCUT2D eigenvalue weighted by molar-refractivity contribution is -0.305. The second kappa shape index (κ2) is 21.3. The van der Waals surface area contributed by atoms with Crippen LogP contribution in [0.1, 0.15) is 97.6 Å². The molecule has 80 heavy (non-hydrogen) atoms. The number of amides is 2. The average Bonchev–Trinajstić information content (AvgIpc) is 4.18. The number of esters is 2. The van der Waals surface area contributed by atoms with Gasteiger partial charge in [-0.15, -0.1) is 0 Å². The number of carbonyl (C=O) groups excluding carboxylic acids is 4. The number of H-pyrrole nitrogens is 3. The first kappa shape index (κ1) is 56.3. The van der Waals surface area contributed by atoms with Gasteiger partial charge in [-0.3, -0.25) is 19.2 Å². The molecule has 2 aliphatic heterocycles. The summed E-state index contributed by atoms with van der Waals surface area (Å²) in [5.74, 6) is -5.33. The SMILES string of the molecule is CO[C@@H]1[C@@H](OC(=O)c2ccc(C)[nH]2)[C@@H](O)[C@@H](Oc2ccc3c(=O)c(NC(=O)c4c[nH]c(C(=O)Nc5c(O)oc6c(C)c(O[C@H]7OC(C)(C)[C@H](OC)[C@@H](OC(=O)c8ccc(C)[nH]8)[C@H]7O)ccc6c5=O)c4C)c(O)oc3c2C)OC1(C)C. The van der Waals surface area contributed by atoms with Crippen LogP contribution in [-0.2, 0) is 28.4 Å². The number of hydrogen-bond donors (Lipinski definition) is 9.